The van der Waals surface area contributed by atoms with Crippen molar-refractivity contribution in [2.75, 3.05) is 39.4 Å². The van der Waals surface area contributed by atoms with E-state index in [2.05, 4.69) is 37.9 Å². The summed E-state index contributed by atoms with van der Waals surface area (Å²) in [5.41, 5.74) is 0.878. The average Bonchev–Trinajstić information content (AvgIpc) is 2.75. The van der Waals surface area contributed by atoms with Crippen molar-refractivity contribution in [2.45, 2.75) is 59.4 Å². The van der Waals surface area contributed by atoms with Crippen LogP contribution in [0.1, 0.15) is 53.4 Å². The number of hydrogen-bond acceptors (Lipinski definition) is 3. The number of nitrogens with one attached hydrogen (secondary N) is 1. The van der Waals surface area contributed by atoms with Crippen molar-refractivity contribution >= 4 is 0 Å². The van der Waals surface area contributed by atoms with E-state index in [4.69, 9.17) is 4.74 Å². The second-order valence-electron chi connectivity index (χ2n) is 8.13. The molecule has 0 saturated carbocycles. The van der Waals surface area contributed by atoms with Crippen molar-refractivity contribution in [3.8, 4) is 0 Å². The molecule has 1 unspecified atom stereocenters. The second kappa shape index (κ2) is 6.76. The Bertz CT molecular complexity index is 295. The van der Waals surface area contributed by atoms with Gasteiger partial charge in [0, 0.05) is 31.2 Å². The Morgan fingerprint density at radius 1 is 1.15 bits per heavy atom. The first-order valence-electron chi connectivity index (χ1n) is 8.44. The van der Waals surface area contributed by atoms with Gasteiger partial charge in [-0.3, -0.25) is 0 Å². The van der Waals surface area contributed by atoms with Gasteiger partial charge >= 0.3 is 0 Å². The van der Waals surface area contributed by atoms with Gasteiger partial charge in [0.05, 0.1) is 6.61 Å². The van der Waals surface area contributed by atoms with Crippen LogP contribution in [-0.4, -0.2) is 50.3 Å². The molecule has 0 aliphatic carbocycles. The standard InChI is InChI=1S/C17H34N2O/c1-15(2)18-12-17(8-11-20-14-17)13-19-9-5-6-16(3,4)7-10-19/h15,18H,5-14H2,1-4H3. The number of ether oxygens (including phenoxy) is 1. The molecule has 2 fully saturated rings. The van der Waals surface area contributed by atoms with Gasteiger partial charge in [-0.15, -0.1) is 0 Å². The molecule has 0 aromatic heterocycles. The van der Waals surface area contributed by atoms with Crippen LogP contribution < -0.4 is 5.32 Å². The first kappa shape index (κ1) is 16.3. The van der Waals surface area contributed by atoms with Gasteiger partial charge in [-0.1, -0.05) is 27.7 Å². The molecular weight excluding hydrogens is 248 g/mol. The van der Waals surface area contributed by atoms with Gasteiger partial charge in [-0.05, 0) is 44.2 Å². The summed E-state index contributed by atoms with van der Waals surface area (Å²) in [5, 5.41) is 3.64. The van der Waals surface area contributed by atoms with Crippen LogP contribution in [0.5, 0.6) is 0 Å². The van der Waals surface area contributed by atoms with E-state index in [1.165, 1.54) is 45.3 Å². The summed E-state index contributed by atoms with van der Waals surface area (Å²) in [6, 6.07) is 0.565. The summed E-state index contributed by atoms with van der Waals surface area (Å²) in [5.74, 6) is 0. The topological polar surface area (TPSA) is 24.5 Å². The van der Waals surface area contributed by atoms with Crippen LogP contribution in [0.25, 0.3) is 0 Å². The molecule has 3 nitrogen and oxygen atoms in total. The minimum atomic E-state index is 0.346. The van der Waals surface area contributed by atoms with Crippen LogP contribution in [0.3, 0.4) is 0 Å². The lowest BCUT2D eigenvalue weighted by Crippen LogP contribution is -2.46. The van der Waals surface area contributed by atoms with Crippen LogP contribution in [0, 0.1) is 10.8 Å². The molecule has 2 aliphatic heterocycles. The average molecular weight is 282 g/mol. The molecule has 2 aliphatic rings. The van der Waals surface area contributed by atoms with E-state index in [1.54, 1.807) is 0 Å². The van der Waals surface area contributed by atoms with Crippen LogP contribution in [-0.2, 0) is 4.74 Å². The van der Waals surface area contributed by atoms with Crippen molar-refractivity contribution < 1.29 is 4.74 Å². The fourth-order valence-corrected chi connectivity index (χ4v) is 3.50. The van der Waals surface area contributed by atoms with Crippen molar-refractivity contribution in [1.82, 2.24) is 10.2 Å². The molecule has 0 radical (unpaired) electrons. The predicted octanol–water partition coefficient (Wildman–Crippen LogP) is 2.90. The monoisotopic (exact) mass is 282 g/mol. The molecular formula is C17H34N2O. The van der Waals surface area contributed by atoms with Gasteiger partial charge in [-0.2, -0.15) is 0 Å². The maximum atomic E-state index is 5.74. The molecule has 2 rings (SSSR count). The molecule has 0 aromatic carbocycles. The van der Waals surface area contributed by atoms with E-state index >= 15 is 0 Å². The molecule has 2 saturated heterocycles. The summed E-state index contributed by atoms with van der Waals surface area (Å²) < 4.78 is 5.74. The van der Waals surface area contributed by atoms with Crippen molar-refractivity contribution in [1.29, 1.82) is 0 Å². The van der Waals surface area contributed by atoms with E-state index < -0.39 is 0 Å². The number of nitrogens with zero attached hydrogens (tertiary/aromatic N) is 1. The lowest BCUT2D eigenvalue weighted by Gasteiger charge is -2.35. The van der Waals surface area contributed by atoms with Gasteiger partial charge in [-0.25, -0.2) is 0 Å². The fraction of sp³-hybridized carbons (Fsp3) is 1.00. The molecule has 0 aromatic rings. The highest BCUT2D eigenvalue weighted by molar-refractivity contribution is 4.90. The maximum Gasteiger partial charge on any atom is 0.0547 e. The molecule has 1 N–H and O–H groups in total. The molecule has 20 heavy (non-hydrogen) atoms. The first-order chi connectivity index (χ1) is 9.41. The highest BCUT2D eigenvalue weighted by Crippen LogP contribution is 2.33. The largest absolute Gasteiger partial charge is 0.381 e. The van der Waals surface area contributed by atoms with Gasteiger partial charge in [0.15, 0.2) is 0 Å². The Morgan fingerprint density at radius 3 is 2.60 bits per heavy atom. The zero-order chi connectivity index (χ0) is 14.6. The quantitative estimate of drug-likeness (QED) is 0.839. The van der Waals surface area contributed by atoms with E-state index in [9.17, 15) is 0 Å². The molecule has 2 heterocycles. The molecule has 3 heteroatoms. The van der Waals surface area contributed by atoms with Crippen molar-refractivity contribution in [2.24, 2.45) is 10.8 Å². The van der Waals surface area contributed by atoms with E-state index in [-0.39, 0.29) is 0 Å². The highest BCUT2D eigenvalue weighted by atomic mass is 16.5. The Balaban J connectivity index is 1.90. The Kier molecular flexibility index (Phi) is 5.49. The highest BCUT2D eigenvalue weighted by Gasteiger charge is 2.37. The molecule has 0 spiro atoms. The van der Waals surface area contributed by atoms with Gasteiger partial charge < -0.3 is 15.0 Å². The second-order valence-corrected chi connectivity index (χ2v) is 8.13. The minimum Gasteiger partial charge on any atom is -0.381 e. The zero-order valence-corrected chi connectivity index (χ0v) is 14.0. The summed E-state index contributed by atoms with van der Waals surface area (Å²) >= 11 is 0. The lowest BCUT2D eigenvalue weighted by molar-refractivity contribution is 0.106. The predicted molar refractivity (Wildman–Crippen MR) is 85.1 cm³/mol. The van der Waals surface area contributed by atoms with Gasteiger partial charge in [0.25, 0.3) is 0 Å². The van der Waals surface area contributed by atoms with Crippen molar-refractivity contribution in [3.63, 3.8) is 0 Å². The lowest BCUT2D eigenvalue weighted by atomic mass is 9.85. The van der Waals surface area contributed by atoms with Gasteiger partial charge in [0.1, 0.15) is 0 Å². The van der Waals surface area contributed by atoms with Crippen LogP contribution in [0.15, 0.2) is 0 Å². The normalized spacial score (nSPS) is 31.6. The van der Waals surface area contributed by atoms with Crippen LogP contribution >= 0.6 is 0 Å². The number of likely N-dealkylation sites (tertiary alicyclic amines) is 1. The Morgan fingerprint density at radius 2 is 1.95 bits per heavy atom. The van der Waals surface area contributed by atoms with Gasteiger partial charge in [0.2, 0.25) is 0 Å². The smallest absolute Gasteiger partial charge is 0.0547 e. The molecule has 1 atom stereocenters. The first-order valence-corrected chi connectivity index (χ1v) is 8.44. The van der Waals surface area contributed by atoms with Crippen LogP contribution in [0.4, 0.5) is 0 Å². The summed E-state index contributed by atoms with van der Waals surface area (Å²) in [6.07, 6.45) is 5.27. The van der Waals surface area contributed by atoms with E-state index in [0.29, 0.717) is 16.9 Å². The summed E-state index contributed by atoms with van der Waals surface area (Å²) in [4.78, 5) is 2.70. The summed E-state index contributed by atoms with van der Waals surface area (Å²) in [6.45, 7) is 16.0. The third-order valence-corrected chi connectivity index (χ3v) is 5.06. The van der Waals surface area contributed by atoms with E-state index in [1.807, 2.05) is 0 Å². The van der Waals surface area contributed by atoms with Crippen LogP contribution in [0.2, 0.25) is 0 Å². The SMILES string of the molecule is CC(C)NCC1(CN2CCCC(C)(C)CC2)CCOC1. The zero-order valence-electron chi connectivity index (χ0n) is 14.0. The molecule has 118 valence electrons. The number of hydrogen-bond donors (Lipinski definition) is 1. The summed E-state index contributed by atoms with van der Waals surface area (Å²) in [7, 11) is 0. The molecule has 0 amide bonds. The Labute approximate surface area is 125 Å². The fourth-order valence-electron chi connectivity index (χ4n) is 3.50. The Hall–Kier alpha value is -0.120. The van der Waals surface area contributed by atoms with Crippen molar-refractivity contribution in [3.05, 3.63) is 0 Å². The minimum absolute atomic E-state index is 0.346. The third kappa shape index (κ3) is 4.71. The molecule has 0 bridgehead atoms. The van der Waals surface area contributed by atoms with E-state index in [0.717, 1.165) is 19.8 Å². The third-order valence-electron chi connectivity index (χ3n) is 5.06. The maximum absolute atomic E-state index is 5.74. The number of rotatable bonds is 5.